The van der Waals surface area contributed by atoms with Crippen molar-refractivity contribution in [2.24, 2.45) is 0 Å². The van der Waals surface area contributed by atoms with E-state index >= 15 is 0 Å². The van der Waals surface area contributed by atoms with E-state index in [1.807, 2.05) is 6.08 Å². The number of hydrogen-bond donors (Lipinski definition) is 0. The van der Waals surface area contributed by atoms with E-state index in [1.165, 1.54) is 78.4 Å². The second-order valence-corrected chi connectivity index (χ2v) is 5.59. The summed E-state index contributed by atoms with van der Waals surface area (Å²) in [5, 5.41) is 0. The lowest BCUT2D eigenvalue weighted by Gasteiger charge is -2.04. The third-order valence-electron chi connectivity index (χ3n) is 3.74. The molecule has 0 atom stereocenters. The molecular formula is C18H34O3. The molecule has 0 saturated heterocycles. The van der Waals surface area contributed by atoms with E-state index in [0.717, 1.165) is 12.8 Å². The second-order valence-electron chi connectivity index (χ2n) is 5.59. The summed E-state index contributed by atoms with van der Waals surface area (Å²) in [5.41, 5.74) is 0. The minimum Gasteiger partial charge on any atom is -0.490 e. The lowest BCUT2D eigenvalue weighted by atomic mass is 10.1. The quantitative estimate of drug-likeness (QED) is 0.187. The molecule has 0 aromatic rings. The number of carbonyl (C=O) groups excluding carboxylic acids is 1. The van der Waals surface area contributed by atoms with Crippen LogP contribution < -0.4 is 0 Å². The molecule has 0 spiro atoms. The van der Waals surface area contributed by atoms with Gasteiger partial charge in [-0.1, -0.05) is 71.1 Å². The maximum absolute atomic E-state index is 11.3. The third-order valence-corrected chi connectivity index (χ3v) is 3.74. The first-order valence-corrected chi connectivity index (χ1v) is 8.58. The highest BCUT2D eigenvalue weighted by atomic mass is 16.6. The van der Waals surface area contributed by atoms with Crippen LogP contribution in [0.3, 0.4) is 0 Å². The van der Waals surface area contributed by atoms with E-state index in [-0.39, 0.29) is 5.97 Å². The molecule has 0 heterocycles. The Labute approximate surface area is 131 Å². The van der Waals surface area contributed by atoms with Crippen molar-refractivity contribution in [3.8, 4) is 0 Å². The molecule has 0 radical (unpaired) electrons. The van der Waals surface area contributed by atoms with Crippen LogP contribution in [0, 0.1) is 0 Å². The smallest absolute Gasteiger partial charge is 0.372 e. The molecule has 0 aromatic heterocycles. The van der Waals surface area contributed by atoms with E-state index in [4.69, 9.17) is 4.74 Å². The summed E-state index contributed by atoms with van der Waals surface area (Å²) in [6.07, 6.45) is 17.4. The Hall–Kier alpha value is -0.990. The molecule has 0 amide bonds. The van der Waals surface area contributed by atoms with Crippen LogP contribution in [-0.2, 0) is 14.3 Å². The number of esters is 1. The van der Waals surface area contributed by atoms with Crippen LogP contribution in [0.5, 0.6) is 0 Å². The second kappa shape index (κ2) is 15.4. The van der Waals surface area contributed by atoms with Gasteiger partial charge in [-0.25, -0.2) is 4.79 Å². The molecule has 0 aliphatic rings. The van der Waals surface area contributed by atoms with Gasteiger partial charge in [0.15, 0.2) is 5.76 Å². The molecule has 0 bridgehead atoms. The molecule has 124 valence electrons. The average molecular weight is 298 g/mol. The van der Waals surface area contributed by atoms with Crippen LogP contribution in [0.4, 0.5) is 0 Å². The standard InChI is InChI=1S/C18H34O3/c1-4-5-6-7-8-9-10-11-12-13-14-15-16-17(20-2)18(19)21-3/h16H,4-15H2,1-3H3. The molecule has 0 unspecified atom stereocenters. The van der Waals surface area contributed by atoms with Crippen molar-refractivity contribution in [2.45, 2.75) is 84.0 Å². The summed E-state index contributed by atoms with van der Waals surface area (Å²) in [6, 6.07) is 0. The first-order valence-electron chi connectivity index (χ1n) is 8.58. The van der Waals surface area contributed by atoms with Gasteiger partial charge >= 0.3 is 5.97 Å². The Morgan fingerprint density at radius 1 is 0.762 bits per heavy atom. The van der Waals surface area contributed by atoms with Crippen LogP contribution in [0.2, 0.25) is 0 Å². The maximum Gasteiger partial charge on any atom is 0.372 e. The summed E-state index contributed by atoms with van der Waals surface area (Å²) >= 11 is 0. The highest BCUT2D eigenvalue weighted by Crippen LogP contribution is 2.12. The fourth-order valence-electron chi connectivity index (χ4n) is 2.39. The van der Waals surface area contributed by atoms with E-state index < -0.39 is 0 Å². The summed E-state index contributed by atoms with van der Waals surface area (Å²) in [7, 11) is 2.88. The minimum atomic E-state index is -0.388. The Morgan fingerprint density at radius 3 is 1.67 bits per heavy atom. The summed E-state index contributed by atoms with van der Waals surface area (Å²) in [4.78, 5) is 11.3. The monoisotopic (exact) mass is 298 g/mol. The highest BCUT2D eigenvalue weighted by molar-refractivity contribution is 5.85. The van der Waals surface area contributed by atoms with Gasteiger partial charge in [-0.15, -0.1) is 0 Å². The van der Waals surface area contributed by atoms with E-state index in [9.17, 15) is 4.79 Å². The van der Waals surface area contributed by atoms with Gasteiger partial charge in [-0.2, -0.15) is 0 Å². The van der Waals surface area contributed by atoms with Crippen molar-refractivity contribution in [3.05, 3.63) is 11.8 Å². The normalized spacial score (nSPS) is 11.5. The van der Waals surface area contributed by atoms with Gasteiger partial charge in [-0.3, -0.25) is 0 Å². The first-order chi connectivity index (χ1) is 10.3. The summed E-state index contributed by atoms with van der Waals surface area (Å²) in [5.74, 6) is -0.0647. The van der Waals surface area contributed by atoms with Gasteiger partial charge in [0.1, 0.15) is 0 Å². The van der Waals surface area contributed by atoms with Crippen molar-refractivity contribution in [3.63, 3.8) is 0 Å². The zero-order valence-electron chi connectivity index (χ0n) is 14.3. The SMILES string of the molecule is CCCCCCCCCCCCCC=C(OC)C(=O)OC. The Balaban J connectivity index is 3.36. The van der Waals surface area contributed by atoms with E-state index in [1.54, 1.807) is 0 Å². The number of methoxy groups -OCH3 is 2. The molecule has 0 aliphatic carbocycles. The molecule has 0 aliphatic heterocycles. The number of allylic oxidation sites excluding steroid dienone is 1. The molecule has 0 fully saturated rings. The Kier molecular flexibility index (Phi) is 14.7. The molecule has 0 saturated carbocycles. The Bertz CT molecular complexity index is 272. The van der Waals surface area contributed by atoms with Crippen LogP contribution in [0.25, 0.3) is 0 Å². The van der Waals surface area contributed by atoms with Crippen LogP contribution in [-0.4, -0.2) is 20.2 Å². The van der Waals surface area contributed by atoms with Crippen molar-refractivity contribution < 1.29 is 14.3 Å². The van der Waals surface area contributed by atoms with Crippen molar-refractivity contribution in [1.82, 2.24) is 0 Å². The lowest BCUT2D eigenvalue weighted by Crippen LogP contribution is -2.06. The average Bonchev–Trinajstić information content (AvgIpc) is 2.51. The fraction of sp³-hybridized carbons (Fsp3) is 0.833. The van der Waals surface area contributed by atoms with Gasteiger partial charge in [0, 0.05) is 0 Å². The van der Waals surface area contributed by atoms with Crippen LogP contribution in [0.1, 0.15) is 84.0 Å². The van der Waals surface area contributed by atoms with Gasteiger partial charge in [-0.05, 0) is 18.9 Å². The first kappa shape index (κ1) is 20.0. The molecule has 0 N–H and O–H groups in total. The van der Waals surface area contributed by atoms with Crippen molar-refractivity contribution in [2.75, 3.05) is 14.2 Å². The third kappa shape index (κ3) is 12.5. The molecule has 3 heteroatoms. The predicted octanol–water partition coefficient (Wildman–Crippen LogP) is 5.39. The minimum absolute atomic E-state index is 0.324. The van der Waals surface area contributed by atoms with Crippen LogP contribution in [0.15, 0.2) is 11.8 Å². The van der Waals surface area contributed by atoms with Gasteiger partial charge < -0.3 is 9.47 Å². The lowest BCUT2D eigenvalue weighted by molar-refractivity contribution is -0.139. The molecule has 21 heavy (non-hydrogen) atoms. The van der Waals surface area contributed by atoms with Crippen LogP contribution >= 0.6 is 0 Å². The summed E-state index contributed by atoms with van der Waals surface area (Å²) in [6.45, 7) is 2.26. The zero-order chi connectivity index (χ0) is 15.8. The fourth-order valence-corrected chi connectivity index (χ4v) is 2.39. The van der Waals surface area contributed by atoms with Gasteiger partial charge in [0.25, 0.3) is 0 Å². The van der Waals surface area contributed by atoms with Gasteiger partial charge in [0.05, 0.1) is 14.2 Å². The zero-order valence-corrected chi connectivity index (χ0v) is 14.3. The topological polar surface area (TPSA) is 35.5 Å². The summed E-state index contributed by atoms with van der Waals surface area (Å²) < 4.78 is 9.62. The predicted molar refractivity (Wildman–Crippen MR) is 88.2 cm³/mol. The van der Waals surface area contributed by atoms with E-state index in [2.05, 4.69) is 11.7 Å². The number of hydrogen-bond acceptors (Lipinski definition) is 3. The molecule has 0 aromatic carbocycles. The number of ether oxygens (including phenoxy) is 2. The molecular weight excluding hydrogens is 264 g/mol. The number of rotatable bonds is 14. The van der Waals surface area contributed by atoms with E-state index in [0.29, 0.717) is 5.76 Å². The van der Waals surface area contributed by atoms with Gasteiger partial charge in [0.2, 0.25) is 0 Å². The number of carbonyl (C=O) groups is 1. The Morgan fingerprint density at radius 2 is 1.24 bits per heavy atom. The van der Waals surface area contributed by atoms with Crippen molar-refractivity contribution >= 4 is 5.97 Å². The molecule has 3 nitrogen and oxygen atoms in total. The maximum atomic E-state index is 11.3. The molecule has 0 rings (SSSR count). The highest BCUT2D eigenvalue weighted by Gasteiger charge is 2.07. The van der Waals surface area contributed by atoms with Crippen molar-refractivity contribution in [1.29, 1.82) is 0 Å². The number of unbranched alkanes of at least 4 members (excludes halogenated alkanes) is 11. The largest absolute Gasteiger partial charge is 0.490 e.